The predicted molar refractivity (Wildman–Crippen MR) is 99.4 cm³/mol. The molecule has 0 aliphatic heterocycles. The maximum atomic E-state index is 5.59. The number of benzene rings is 3. The lowest BCUT2D eigenvalue weighted by atomic mass is 10.1. The third-order valence-corrected chi connectivity index (χ3v) is 4.01. The van der Waals surface area contributed by atoms with Crippen molar-refractivity contribution in [2.75, 3.05) is 7.11 Å². The van der Waals surface area contributed by atoms with Gasteiger partial charge in [0.05, 0.1) is 7.11 Å². The lowest BCUT2D eigenvalue weighted by Gasteiger charge is -2.06. The minimum absolute atomic E-state index is 0.227. The van der Waals surface area contributed by atoms with E-state index >= 15 is 0 Å². The van der Waals surface area contributed by atoms with Crippen LogP contribution in [0.4, 0.5) is 0 Å². The van der Waals surface area contributed by atoms with Gasteiger partial charge in [0.2, 0.25) is 5.82 Å². The molecule has 0 amide bonds. The largest absolute Gasteiger partial charge is 0.497 e. The Hall–Kier alpha value is -3.61. The number of rotatable bonds is 7. The standard InChI is InChI=1S/C20H18N4O3/c1-25-19-10-9-16-11-15(7-8-17(16)12-19)13-27-24-22-20(21-23-24)14-26-18-5-3-2-4-6-18/h2-12H,13-14H2,1H3. The van der Waals surface area contributed by atoms with Gasteiger partial charge in [-0.2, -0.15) is 0 Å². The summed E-state index contributed by atoms with van der Waals surface area (Å²) in [6, 6.07) is 21.5. The fourth-order valence-corrected chi connectivity index (χ4v) is 2.63. The molecule has 7 nitrogen and oxygen atoms in total. The zero-order valence-electron chi connectivity index (χ0n) is 14.8. The summed E-state index contributed by atoms with van der Waals surface area (Å²) in [5, 5.41) is 14.2. The first kappa shape index (κ1) is 16.8. The molecule has 0 aliphatic rings. The van der Waals surface area contributed by atoms with Crippen molar-refractivity contribution >= 4 is 10.8 Å². The van der Waals surface area contributed by atoms with Crippen LogP contribution in [0.3, 0.4) is 0 Å². The van der Waals surface area contributed by atoms with Crippen LogP contribution < -0.4 is 14.3 Å². The van der Waals surface area contributed by atoms with E-state index in [1.54, 1.807) is 7.11 Å². The van der Waals surface area contributed by atoms with Crippen LogP contribution in [0.25, 0.3) is 10.8 Å². The van der Waals surface area contributed by atoms with Gasteiger partial charge in [-0.05, 0) is 51.9 Å². The Morgan fingerprint density at radius 3 is 2.52 bits per heavy atom. The van der Waals surface area contributed by atoms with Crippen molar-refractivity contribution in [2.45, 2.75) is 13.2 Å². The third-order valence-electron chi connectivity index (χ3n) is 4.01. The summed E-state index contributed by atoms with van der Waals surface area (Å²) < 4.78 is 10.8. The van der Waals surface area contributed by atoms with E-state index in [9.17, 15) is 0 Å². The van der Waals surface area contributed by atoms with E-state index in [4.69, 9.17) is 14.3 Å². The van der Waals surface area contributed by atoms with Crippen molar-refractivity contribution in [3.05, 3.63) is 78.1 Å². The van der Waals surface area contributed by atoms with E-state index in [1.807, 2.05) is 60.7 Å². The van der Waals surface area contributed by atoms with Crippen LogP contribution in [0.15, 0.2) is 66.7 Å². The Kier molecular flexibility index (Phi) is 4.82. The minimum atomic E-state index is 0.227. The number of nitrogens with zero attached hydrogens (tertiary/aromatic N) is 4. The molecule has 1 heterocycles. The van der Waals surface area contributed by atoms with E-state index in [0.717, 1.165) is 32.8 Å². The van der Waals surface area contributed by atoms with E-state index in [1.165, 1.54) is 0 Å². The number of methoxy groups -OCH3 is 1. The van der Waals surface area contributed by atoms with E-state index < -0.39 is 0 Å². The van der Waals surface area contributed by atoms with Gasteiger partial charge >= 0.3 is 0 Å². The van der Waals surface area contributed by atoms with Crippen molar-refractivity contribution in [3.8, 4) is 11.5 Å². The zero-order valence-corrected chi connectivity index (χ0v) is 14.8. The number of hydrogen-bond donors (Lipinski definition) is 0. The van der Waals surface area contributed by atoms with Gasteiger partial charge < -0.3 is 14.3 Å². The molecule has 7 heteroatoms. The number of para-hydroxylation sites is 1. The lowest BCUT2D eigenvalue weighted by molar-refractivity contribution is 0.0377. The molecule has 0 spiro atoms. The summed E-state index contributed by atoms with van der Waals surface area (Å²) in [7, 11) is 1.66. The normalized spacial score (nSPS) is 10.7. The SMILES string of the molecule is COc1ccc2cc(COn3nnc(COc4ccccc4)n3)ccc2c1. The van der Waals surface area contributed by atoms with Crippen LogP contribution in [-0.4, -0.2) is 27.5 Å². The Morgan fingerprint density at radius 1 is 0.852 bits per heavy atom. The average Bonchev–Trinajstić information content (AvgIpc) is 3.19. The van der Waals surface area contributed by atoms with E-state index in [0.29, 0.717) is 12.4 Å². The highest BCUT2D eigenvalue weighted by Crippen LogP contribution is 2.21. The number of aromatic nitrogens is 4. The lowest BCUT2D eigenvalue weighted by Crippen LogP contribution is -2.15. The molecule has 4 aromatic rings. The maximum absolute atomic E-state index is 5.59. The molecule has 136 valence electrons. The fraction of sp³-hybridized carbons (Fsp3) is 0.150. The molecule has 0 bridgehead atoms. The highest BCUT2D eigenvalue weighted by atomic mass is 16.7. The summed E-state index contributed by atoms with van der Waals surface area (Å²) in [6.07, 6.45) is 0. The summed E-state index contributed by atoms with van der Waals surface area (Å²) in [4.78, 5) is 6.68. The molecule has 0 atom stereocenters. The summed E-state index contributed by atoms with van der Waals surface area (Å²) in [6.45, 7) is 0.558. The molecule has 0 fully saturated rings. The van der Waals surface area contributed by atoms with Gasteiger partial charge in [0, 0.05) is 4.96 Å². The molecular weight excluding hydrogens is 344 g/mol. The monoisotopic (exact) mass is 362 g/mol. The molecule has 0 unspecified atom stereocenters. The summed E-state index contributed by atoms with van der Waals surface area (Å²) in [5.41, 5.74) is 1.01. The second-order valence-electron chi connectivity index (χ2n) is 5.88. The smallest absolute Gasteiger partial charge is 0.215 e. The number of fused-ring (bicyclic) bond motifs is 1. The minimum Gasteiger partial charge on any atom is -0.497 e. The second kappa shape index (κ2) is 7.74. The van der Waals surface area contributed by atoms with Crippen molar-refractivity contribution in [3.63, 3.8) is 0 Å². The van der Waals surface area contributed by atoms with Crippen LogP contribution in [-0.2, 0) is 13.2 Å². The van der Waals surface area contributed by atoms with Gasteiger partial charge in [0.25, 0.3) is 0 Å². The van der Waals surface area contributed by atoms with Crippen molar-refractivity contribution in [1.29, 1.82) is 0 Å². The Balaban J connectivity index is 1.36. The van der Waals surface area contributed by atoms with Gasteiger partial charge in [-0.1, -0.05) is 41.5 Å². The van der Waals surface area contributed by atoms with Crippen LogP contribution in [0.2, 0.25) is 0 Å². The van der Waals surface area contributed by atoms with Gasteiger partial charge in [-0.3, -0.25) is 0 Å². The number of tetrazole rings is 1. The molecule has 0 saturated carbocycles. The first-order valence-electron chi connectivity index (χ1n) is 8.47. The topological polar surface area (TPSA) is 71.3 Å². The number of ether oxygens (including phenoxy) is 2. The highest BCUT2D eigenvalue weighted by molar-refractivity contribution is 5.84. The molecular formula is C20H18N4O3. The Bertz CT molecular complexity index is 1030. The molecule has 0 saturated heterocycles. The van der Waals surface area contributed by atoms with Gasteiger partial charge in [0.15, 0.2) is 6.61 Å². The Morgan fingerprint density at radius 2 is 1.67 bits per heavy atom. The van der Waals surface area contributed by atoms with Crippen molar-refractivity contribution in [1.82, 2.24) is 20.4 Å². The number of hydrogen-bond acceptors (Lipinski definition) is 6. The predicted octanol–water partition coefficient (Wildman–Crippen LogP) is 3.04. The quantitative estimate of drug-likeness (QED) is 0.503. The summed E-state index contributed by atoms with van der Waals surface area (Å²) >= 11 is 0. The van der Waals surface area contributed by atoms with Gasteiger partial charge in [-0.15, -0.1) is 5.10 Å². The van der Waals surface area contributed by atoms with Crippen LogP contribution in [0.5, 0.6) is 11.5 Å². The maximum Gasteiger partial charge on any atom is 0.215 e. The van der Waals surface area contributed by atoms with Crippen molar-refractivity contribution < 1.29 is 14.3 Å². The molecule has 4 rings (SSSR count). The average molecular weight is 362 g/mol. The molecule has 27 heavy (non-hydrogen) atoms. The zero-order chi connectivity index (χ0) is 18.5. The van der Waals surface area contributed by atoms with Crippen molar-refractivity contribution in [2.24, 2.45) is 0 Å². The summed E-state index contributed by atoms with van der Waals surface area (Å²) in [5.74, 6) is 2.04. The molecule has 1 aromatic heterocycles. The molecule has 0 radical (unpaired) electrons. The molecule has 3 aromatic carbocycles. The van der Waals surface area contributed by atoms with Crippen LogP contribution >= 0.6 is 0 Å². The third kappa shape index (κ3) is 4.14. The van der Waals surface area contributed by atoms with Gasteiger partial charge in [0.1, 0.15) is 18.1 Å². The Labute approximate surface area is 156 Å². The van der Waals surface area contributed by atoms with Crippen LogP contribution in [0.1, 0.15) is 11.4 Å². The first-order valence-corrected chi connectivity index (χ1v) is 8.47. The second-order valence-corrected chi connectivity index (χ2v) is 5.88. The molecule has 0 N–H and O–H groups in total. The van der Waals surface area contributed by atoms with Gasteiger partial charge in [-0.25, -0.2) is 0 Å². The van der Waals surface area contributed by atoms with E-state index in [-0.39, 0.29) is 6.61 Å². The highest BCUT2D eigenvalue weighted by Gasteiger charge is 2.06. The fourth-order valence-electron chi connectivity index (χ4n) is 2.63. The van der Waals surface area contributed by atoms with Crippen LogP contribution in [0, 0.1) is 0 Å². The molecule has 0 aliphatic carbocycles. The first-order chi connectivity index (χ1) is 13.3. The van der Waals surface area contributed by atoms with E-state index in [2.05, 4.69) is 21.5 Å².